The number of nitrogens with one attached hydrogen (secondary N) is 1. The SMILES string of the molecule is CNCC1(OCCC(C)(C)OC)CCC(C(C)C)CC1. The summed E-state index contributed by atoms with van der Waals surface area (Å²) in [5.74, 6) is 1.68. The van der Waals surface area contributed by atoms with Gasteiger partial charge in [-0.25, -0.2) is 0 Å². The van der Waals surface area contributed by atoms with Crippen LogP contribution in [0.3, 0.4) is 0 Å². The predicted molar refractivity (Wildman–Crippen MR) is 85.1 cm³/mol. The minimum absolute atomic E-state index is 0.0456. The van der Waals surface area contributed by atoms with E-state index in [0.29, 0.717) is 0 Å². The first-order valence-corrected chi connectivity index (χ1v) is 8.18. The van der Waals surface area contributed by atoms with E-state index in [0.717, 1.165) is 31.4 Å². The molecule has 1 rings (SSSR count). The van der Waals surface area contributed by atoms with Gasteiger partial charge in [0.15, 0.2) is 0 Å². The molecular weight excluding hydrogens is 250 g/mol. The van der Waals surface area contributed by atoms with Crippen molar-refractivity contribution in [3.63, 3.8) is 0 Å². The Bertz CT molecular complexity index is 268. The number of methoxy groups -OCH3 is 1. The van der Waals surface area contributed by atoms with Crippen molar-refractivity contribution in [2.24, 2.45) is 11.8 Å². The quantitative estimate of drug-likeness (QED) is 0.739. The van der Waals surface area contributed by atoms with Gasteiger partial charge in [0, 0.05) is 13.7 Å². The van der Waals surface area contributed by atoms with Crippen LogP contribution in [0, 0.1) is 11.8 Å². The molecule has 0 atom stereocenters. The smallest absolute Gasteiger partial charge is 0.0806 e. The second kappa shape index (κ2) is 7.77. The molecule has 0 unspecified atom stereocenters. The summed E-state index contributed by atoms with van der Waals surface area (Å²) in [5.41, 5.74) is -0.0417. The molecule has 20 heavy (non-hydrogen) atoms. The molecule has 1 N–H and O–H groups in total. The van der Waals surface area contributed by atoms with Gasteiger partial charge in [0.1, 0.15) is 0 Å². The van der Waals surface area contributed by atoms with Gasteiger partial charge in [-0.1, -0.05) is 13.8 Å². The standard InChI is InChI=1S/C17H35NO2/c1-14(2)15-7-9-17(10-8-15,13-18-5)20-12-11-16(3,4)19-6/h14-15,18H,7-13H2,1-6H3. The van der Waals surface area contributed by atoms with E-state index in [1.165, 1.54) is 25.7 Å². The van der Waals surface area contributed by atoms with Crippen LogP contribution in [0.1, 0.15) is 59.8 Å². The molecule has 0 bridgehead atoms. The van der Waals surface area contributed by atoms with Crippen molar-refractivity contribution in [3.8, 4) is 0 Å². The maximum atomic E-state index is 6.33. The van der Waals surface area contributed by atoms with Crippen LogP contribution in [-0.4, -0.2) is 38.5 Å². The summed E-state index contributed by atoms with van der Waals surface area (Å²) in [4.78, 5) is 0. The average molecular weight is 285 g/mol. The summed E-state index contributed by atoms with van der Waals surface area (Å²) < 4.78 is 11.8. The lowest BCUT2D eigenvalue weighted by Gasteiger charge is -2.41. The van der Waals surface area contributed by atoms with Crippen LogP contribution in [0.25, 0.3) is 0 Å². The van der Waals surface area contributed by atoms with Crippen molar-refractivity contribution in [1.82, 2.24) is 5.32 Å². The van der Waals surface area contributed by atoms with Gasteiger partial charge in [-0.2, -0.15) is 0 Å². The van der Waals surface area contributed by atoms with E-state index in [2.05, 4.69) is 33.0 Å². The Hall–Kier alpha value is -0.120. The van der Waals surface area contributed by atoms with Gasteiger partial charge in [0.2, 0.25) is 0 Å². The van der Waals surface area contributed by atoms with Gasteiger partial charge in [0.25, 0.3) is 0 Å². The zero-order chi connectivity index (χ0) is 15.2. The Balaban J connectivity index is 2.48. The maximum Gasteiger partial charge on any atom is 0.0806 e. The number of likely N-dealkylation sites (N-methyl/N-ethyl adjacent to an activating group) is 1. The second-order valence-electron chi connectivity index (χ2n) is 7.36. The summed E-state index contributed by atoms with van der Waals surface area (Å²) in [6, 6.07) is 0. The van der Waals surface area contributed by atoms with E-state index in [4.69, 9.17) is 9.47 Å². The number of hydrogen-bond acceptors (Lipinski definition) is 3. The third-order valence-electron chi connectivity index (χ3n) is 5.05. The molecule has 0 aliphatic heterocycles. The van der Waals surface area contributed by atoms with Crippen molar-refractivity contribution >= 4 is 0 Å². The molecule has 0 heterocycles. The topological polar surface area (TPSA) is 30.5 Å². The lowest BCUT2D eigenvalue weighted by molar-refractivity contribution is -0.0978. The van der Waals surface area contributed by atoms with E-state index in [-0.39, 0.29) is 11.2 Å². The first kappa shape index (κ1) is 17.9. The fourth-order valence-electron chi connectivity index (χ4n) is 3.14. The van der Waals surface area contributed by atoms with Crippen molar-refractivity contribution in [2.45, 2.75) is 71.0 Å². The van der Waals surface area contributed by atoms with E-state index in [1.54, 1.807) is 7.11 Å². The first-order valence-electron chi connectivity index (χ1n) is 8.18. The molecule has 0 aromatic carbocycles. The monoisotopic (exact) mass is 285 g/mol. The Morgan fingerprint density at radius 2 is 1.85 bits per heavy atom. The highest BCUT2D eigenvalue weighted by molar-refractivity contribution is 4.90. The summed E-state index contributed by atoms with van der Waals surface area (Å²) in [7, 11) is 3.80. The van der Waals surface area contributed by atoms with E-state index in [9.17, 15) is 0 Å². The summed E-state index contributed by atoms with van der Waals surface area (Å²) in [6.07, 6.45) is 5.91. The molecule has 0 aromatic rings. The number of rotatable bonds is 8. The molecule has 3 heteroatoms. The Morgan fingerprint density at radius 1 is 1.25 bits per heavy atom. The zero-order valence-corrected chi connectivity index (χ0v) is 14.4. The van der Waals surface area contributed by atoms with Crippen LogP contribution in [0.5, 0.6) is 0 Å². The predicted octanol–water partition coefficient (Wildman–Crippen LogP) is 3.62. The highest BCUT2D eigenvalue weighted by Crippen LogP contribution is 2.38. The fraction of sp³-hybridized carbons (Fsp3) is 1.00. The molecule has 1 fully saturated rings. The number of hydrogen-bond donors (Lipinski definition) is 1. The molecule has 1 saturated carbocycles. The van der Waals surface area contributed by atoms with Crippen molar-refractivity contribution in [2.75, 3.05) is 27.3 Å². The van der Waals surface area contributed by atoms with Crippen molar-refractivity contribution < 1.29 is 9.47 Å². The molecule has 3 nitrogen and oxygen atoms in total. The highest BCUT2D eigenvalue weighted by Gasteiger charge is 2.36. The second-order valence-corrected chi connectivity index (χ2v) is 7.36. The largest absolute Gasteiger partial charge is 0.379 e. The van der Waals surface area contributed by atoms with E-state index < -0.39 is 0 Å². The van der Waals surface area contributed by atoms with Crippen LogP contribution in [-0.2, 0) is 9.47 Å². The Morgan fingerprint density at radius 3 is 2.30 bits per heavy atom. The fourth-order valence-corrected chi connectivity index (χ4v) is 3.14. The van der Waals surface area contributed by atoms with Crippen LogP contribution < -0.4 is 5.32 Å². The van der Waals surface area contributed by atoms with Gasteiger partial charge < -0.3 is 14.8 Å². The molecule has 0 radical (unpaired) electrons. The molecule has 0 aromatic heterocycles. The zero-order valence-electron chi connectivity index (χ0n) is 14.4. The molecule has 0 spiro atoms. The van der Waals surface area contributed by atoms with Crippen LogP contribution in [0.2, 0.25) is 0 Å². The molecule has 1 aliphatic rings. The lowest BCUT2D eigenvalue weighted by Crippen LogP contribution is -2.46. The van der Waals surface area contributed by atoms with Gasteiger partial charge in [-0.05, 0) is 64.8 Å². The first-order chi connectivity index (χ1) is 9.34. The molecule has 0 saturated heterocycles. The molecule has 120 valence electrons. The van der Waals surface area contributed by atoms with Crippen molar-refractivity contribution in [3.05, 3.63) is 0 Å². The van der Waals surface area contributed by atoms with E-state index in [1.807, 2.05) is 7.05 Å². The molecule has 0 amide bonds. The minimum Gasteiger partial charge on any atom is -0.379 e. The highest BCUT2D eigenvalue weighted by atomic mass is 16.5. The number of ether oxygens (including phenoxy) is 2. The van der Waals surface area contributed by atoms with Gasteiger partial charge in [0.05, 0.1) is 17.8 Å². The Kier molecular flexibility index (Phi) is 6.96. The average Bonchev–Trinajstić information content (AvgIpc) is 2.39. The molecular formula is C17H35NO2. The maximum absolute atomic E-state index is 6.33. The normalized spacial score (nSPS) is 28.1. The van der Waals surface area contributed by atoms with Crippen LogP contribution in [0.15, 0.2) is 0 Å². The van der Waals surface area contributed by atoms with Gasteiger partial charge in [-0.15, -0.1) is 0 Å². The van der Waals surface area contributed by atoms with Crippen molar-refractivity contribution in [1.29, 1.82) is 0 Å². The van der Waals surface area contributed by atoms with E-state index >= 15 is 0 Å². The Labute approximate surface area is 125 Å². The van der Waals surface area contributed by atoms with Gasteiger partial charge in [-0.3, -0.25) is 0 Å². The third-order valence-corrected chi connectivity index (χ3v) is 5.05. The lowest BCUT2D eigenvalue weighted by atomic mass is 9.74. The van der Waals surface area contributed by atoms with Crippen LogP contribution >= 0.6 is 0 Å². The summed E-state index contributed by atoms with van der Waals surface area (Å²) in [5, 5.41) is 3.33. The van der Waals surface area contributed by atoms with Gasteiger partial charge >= 0.3 is 0 Å². The van der Waals surface area contributed by atoms with Crippen LogP contribution in [0.4, 0.5) is 0 Å². The summed E-state index contributed by atoms with van der Waals surface area (Å²) >= 11 is 0. The minimum atomic E-state index is -0.0873. The third kappa shape index (κ3) is 5.34. The summed E-state index contributed by atoms with van der Waals surface area (Å²) in [6.45, 7) is 10.7. The molecule has 1 aliphatic carbocycles.